The molecule has 1 N–H and O–H groups in total. The minimum atomic E-state index is -0.349. The Balaban J connectivity index is 1.99. The van der Waals surface area contributed by atoms with Crippen LogP contribution in [0.15, 0.2) is 51.1 Å². The summed E-state index contributed by atoms with van der Waals surface area (Å²) in [5.74, 6) is 0. The number of rotatable bonds is 2. The number of nitrogens with zero attached hydrogens (tertiary/aromatic N) is 3. The number of nitrogens with one attached hydrogen (secondary N) is 1. The topological polar surface area (TPSA) is 63.0 Å². The van der Waals surface area contributed by atoms with Crippen LogP contribution in [-0.2, 0) is 0 Å². The van der Waals surface area contributed by atoms with E-state index < -0.39 is 0 Å². The molecule has 0 atom stereocenters. The van der Waals surface area contributed by atoms with Crippen molar-refractivity contribution in [3.05, 3.63) is 51.9 Å². The molecule has 0 fully saturated rings. The van der Waals surface area contributed by atoms with Gasteiger partial charge in [0.1, 0.15) is 5.03 Å². The fourth-order valence-electron chi connectivity index (χ4n) is 1.49. The van der Waals surface area contributed by atoms with E-state index in [0.29, 0.717) is 15.7 Å². The summed E-state index contributed by atoms with van der Waals surface area (Å²) in [7, 11) is 0. The van der Waals surface area contributed by atoms with Crippen LogP contribution >= 0.6 is 23.4 Å². The van der Waals surface area contributed by atoms with E-state index in [2.05, 4.69) is 15.3 Å². The predicted octanol–water partition coefficient (Wildman–Crippen LogP) is 2.22. The Labute approximate surface area is 111 Å². The monoisotopic (exact) mass is 278 g/mol. The van der Waals surface area contributed by atoms with Crippen molar-refractivity contribution in [3.63, 3.8) is 0 Å². The standard InChI is InChI=1S/C11H7ClN4OS/c12-7-2-1-3-8(6-7)18-10-5-4-9-13-14-11(17)16(9)15-10/h1-6H,(H,14,17). The van der Waals surface area contributed by atoms with E-state index >= 15 is 0 Å². The van der Waals surface area contributed by atoms with Crippen molar-refractivity contribution in [2.24, 2.45) is 0 Å². The SMILES string of the molecule is O=c1[nH]nc2ccc(Sc3cccc(Cl)c3)nn12. The summed E-state index contributed by atoms with van der Waals surface area (Å²) in [5, 5.41) is 11.7. The van der Waals surface area contributed by atoms with Gasteiger partial charge in [-0.25, -0.2) is 9.89 Å². The molecule has 0 unspecified atom stereocenters. The molecule has 0 saturated carbocycles. The van der Waals surface area contributed by atoms with Gasteiger partial charge >= 0.3 is 5.69 Å². The molecule has 0 aliphatic heterocycles. The van der Waals surface area contributed by atoms with Crippen LogP contribution in [-0.4, -0.2) is 19.8 Å². The first-order valence-electron chi connectivity index (χ1n) is 5.10. The highest BCUT2D eigenvalue weighted by atomic mass is 35.5. The zero-order valence-corrected chi connectivity index (χ0v) is 10.6. The number of fused-ring (bicyclic) bond motifs is 1. The molecule has 7 heteroatoms. The number of benzene rings is 1. The molecule has 0 radical (unpaired) electrons. The minimum absolute atomic E-state index is 0.349. The highest BCUT2D eigenvalue weighted by Gasteiger charge is 2.04. The zero-order chi connectivity index (χ0) is 12.5. The first-order chi connectivity index (χ1) is 8.72. The highest BCUT2D eigenvalue weighted by Crippen LogP contribution is 2.27. The fraction of sp³-hybridized carbons (Fsp3) is 0. The molecule has 3 aromatic rings. The molecular weight excluding hydrogens is 272 g/mol. The van der Waals surface area contributed by atoms with E-state index in [-0.39, 0.29) is 5.69 Å². The number of halogens is 1. The van der Waals surface area contributed by atoms with Crippen LogP contribution in [0, 0.1) is 0 Å². The summed E-state index contributed by atoms with van der Waals surface area (Å²) >= 11 is 7.34. The molecule has 1 aromatic carbocycles. The number of aromatic nitrogens is 4. The summed E-state index contributed by atoms with van der Waals surface area (Å²) in [5.41, 5.74) is 0.147. The first kappa shape index (κ1) is 11.3. The Bertz CT molecular complexity index is 767. The van der Waals surface area contributed by atoms with Gasteiger partial charge in [-0.15, -0.1) is 0 Å². The van der Waals surface area contributed by atoms with E-state index in [4.69, 9.17) is 11.6 Å². The molecule has 0 saturated heterocycles. The second-order valence-electron chi connectivity index (χ2n) is 3.53. The van der Waals surface area contributed by atoms with Crippen LogP contribution in [0.2, 0.25) is 5.02 Å². The molecule has 0 bridgehead atoms. The molecule has 0 amide bonds. The van der Waals surface area contributed by atoms with Crippen molar-refractivity contribution in [1.82, 2.24) is 19.8 Å². The average Bonchev–Trinajstić information content (AvgIpc) is 2.71. The van der Waals surface area contributed by atoms with Gasteiger partial charge in [0.05, 0.1) is 0 Å². The van der Waals surface area contributed by atoms with Gasteiger partial charge in [-0.1, -0.05) is 29.4 Å². The lowest BCUT2D eigenvalue weighted by Crippen LogP contribution is -2.12. The van der Waals surface area contributed by atoms with Gasteiger partial charge in [0.2, 0.25) is 0 Å². The minimum Gasteiger partial charge on any atom is -0.244 e. The third-order valence-electron chi connectivity index (χ3n) is 2.27. The second-order valence-corrected chi connectivity index (χ2v) is 5.06. The zero-order valence-electron chi connectivity index (χ0n) is 9.00. The molecule has 18 heavy (non-hydrogen) atoms. The van der Waals surface area contributed by atoms with Gasteiger partial charge in [0.15, 0.2) is 5.65 Å². The molecule has 2 heterocycles. The number of H-pyrrole nitrogens is 1. The van der Waals surface area contributed by atoms with Gasteiger partial charge < -0.3 is 0 Å². The van der Waals surface area contributed by atoms with Crippen LogP contribution in [0.25, 0.3) is 5.65 Å². The number of aromatic amines is 1. The molecule has 2 aromatic heterocycles. The fourth-order valence-corrected chi connectivity index (χ4v) is 2.58. The molecule has 0 aliphatic carbocycles. The summed E-state index contributed by atoms with van der Waals surface area (Å²) in [4.78, 5) is 12.4. The molecular formula is C11H7ClN4OS. The maximum absolute atomic E-state index is 11.4. The van der Waals surface area contributed by atoms with Crippen molar-refractivity contribution < 1.29 is 0 Å². The summed E-state index contributed by atoms with van der Waals surface area (Å²) in [6, 6.07) is 11.0. The maximum atomic E-state index is 11.4. The van der Waals surface area contributed by atoms with Crippen molar-refractivity contribution in [3.8, 4) is 0 Å². The Morgan fingerprint density at radius 2 is 2.17 bits per heavy atom. The van der Waals surface area contributed by atoms with E-state index in [1.807, 2.05) is 24.3 Å². The quantitative estimate of drug-likeness (QED) is 0.781. The van der Waals surface area contributed by atoms with Gasteiger partial charge in [-0.05, 0) is 30.3 Å². The second kappa shape index (κ2) is 4.47. The first-order valence-corrected chi connectivity index (χ1v) is 6.30. The normalized spacial score (nSPS) is 10.9. The Morgan fingerprint density at radius 3 is 3.00 bits per heavy atom. The van der Waals surface area contributed by atoms with Crippen molar-refractivity contribution >= 4 is 29.0 Å². The van der Waals surface area contributed by atoms with E-state index in [0.717, 1.165) is 4.90 Å². The third kappa shape index (κ3) is 2.12. The summed E-state index contributed by atoms with van der Waals surface area (Å²) in [6.07, 6.45) is 0. The van der Waals surface area contributed by atoms with Crippen LogP contribution in [0.1, 0.15) is 0 Å². The van der Waals surface area contributed by atoms with Crippen molar-refractivity contribution in [1.29, 1.82) is 0 Å². The van der Waals surface area contributed by atoms with Crippen LogP contribution in [0.3, 0.4) is 0 Å². The van der Waals surface area contributed by atoms with Crippen molar-refractivity contribution in [2.75, 3.05) is 0 Å². The Morgan fingerprint density at radius 1 is 1.28 bits per heavy atom. The van der Waals surface area contributed by atoms with Gasteiger partial charge in [0.25, 0.3) is 0 Å². The molecule has 3 rings (SSSR count). The summed E-state index contributed by atoms with van der Waals surface area (Å²) in [6.45, 7) is 0. The van der Waals surface area contributed by atoms with Crippen LogP contribution < -0.4 is 5.69 Å². The van der Waals surface area contributed by atoms with E-state index in [1.54, 1.807) is 12.1 Å². The van der Waals surface area contributed by atoms with E-state index in [1.165, 1.54) is 16.3 Å². The van der Waals surface area contributed by atoms with Gasteiger partial charge in [0, 0.05) is 9.92 Å². The molecule has 0 spiro atoms. The third-order valence-corrected chi connectivity index (χ3v) is 3.42. The lowest BCUT2D eigenvalue weighted by atomic mass is 10.4. The molecule has 0 aliphatic rings. The lowest BCUT2D eigenvalue weighted by molar-refractivity contribution is 0.820. The average molecular weight is 279 g/mol. The van der Waals surface area contributed by atoms with E-state index in [9.17, 15) is 4.79 Å². The number of hydrogen-bond donors (Lipinski definition) is 1. The van der Waals surface area contributed by atoms with Crippen molar-refractivity contribution in [2.45, 2.75) is 9.92 Å². The largest absolute Gasteiger partial charge is 0.364 e. The molecule has 5 nitrogen and oxygen atoms in total. The van der Waals surface area contributed by atoms with Crippen LogP contribution in [0.5, 0.6) is 0 Å². The Kier molecular flexibility index (Phi) is 2.81. The smallest absolute Gasteiger partial charge is 0.244 e. The lowest BCUT2D eigenvalue weighted by Gasteiger charge is -2.01. The predicted molar refractivity (Wildman–Crippen MR) is 69.2 cm³/mol. The highest BCUT2D eigenvalue weighted by molar-refractivity contribution is 7.99. The maximum Gasteiger partial charge on any atom is 0.364 e. The van der Waals surface area contributed by atoms with Gasteiger partial charge in [-0.2, -0.15) is 14.7 Å². The molecule has 90 valence electrons. The van der Waals surface area contributed by atoms with Gasteiger partial charge in [-0.3, -0.25) is 0 Å². The summed E-state index contributed by atoms with van der Waals surface area (Å²) < 4.78 is 1.23. The van der Waals surface area contributed by atoms with Crippen LogP contribution in [0.4, 0.5) is 0 Å². The Hall–Kier alpha value is -1.79. The number of hydrogen-bond acceptors (Lipinski definition) is 4.